The lowest BCUT2D eigenvalue weighted by molar-refractivity contribution is -0.00801. The van der Waals surface area contributed by atoms with Crippen molar-refractivity contribution in [3.63, 3.8) is 0 Å². The number of aromatic nitrogens is 5. The average molecular weight is 563 g/mol. The minimum atomic E-state index is 0. The molecule has 0 radical (unpaired) electrons. The maximum absolute atomic E-state index is 5.95. The number of nitrogens with one attached hydrogen (secondary N) is 1. The van der Waals surface area contributed by atoms with E-state index in [1.807, 2.05) is 31.2 Å². The molecule has 3 rings (SSSR count). The number of ether oxygens (including phenoxy) is 1. The Bertz CT molecular complexity index is 837. The minimum absolute atomic E-state index is 0. The van der Waals surface area contributed by atoms with Crippen molar-refractivity contribution >= 4 is 41.7 Å². The van der Waals surface area contributed by atoms with Crippen LogP contribution in [0.25, 0.3) is 0 Å². The molecule has 1 atom stereocenters. The second-order valence-corrected chi connectivity index (χ2v) is 8.71. The molecule has 0 aliphatic carbocycles. The van der Waals surface area contributed by atoms with E-state index in [1.165, 1.54) is 0 Å². The van der Waals surface area contributed by atoms with E-state index >= 15 is 0 Å². The molecule has 1 fully saturated rings. The van der Waals surface area contributed by atoms with Crippen LogP contribution >= 0.6 is 35.7 Å². The first-order valence-corrected chi connectivity index (χ1v) is 11.8. The van der Waals surface area contributed by atoms with Crippen LogP contribution < -0.4 is 5.32 Å². The van der Waals surface area contributed by atoms with E-state index in [9.17, 15) is 0 Å². The van der Waals surface area contributed by atoms with E-state index in [2.05, 4.69) is 55.2 Å². The van der Waals surface area contributed by atoms with Crippen molar-refractivity contribution in [2.75, 3.05) is 39.5 Å². The van der Waals surface area contributed by atoms with Gasteiger partial charge >= 0.3 is 0 Å². The largest absolute Gasteiger partial charge is 0.370 e. The van der Waals surface area contributed by atoms with Crippen LogP contribution in [0.15, 0.2) is 22.5 Å². The molecule has 2 aromatic rings. The Morgan fingerprint density at radius 2 is 2.19 bits per heavy atom. The number of nitrogens with zero attached hydrogens (tertiary/aromatic N) is 7. The van der Waals surface area contributed by atoms with Crippen molar-refractivity contribution in [2.45, 2.75) is 44.5 Å². The summed E-state index contributed by atoms with van der Waals surface area (Å²) in [5, 5.41) is 17.5. The molecule has 0 spiro atoms. The lowest BCUT2D eigenvalue weighted by Gasteiger charge is -2.34. The third-order valence-electron chi connectivity index (χ3n) is 5.06. The summed E-state index contributed by atoms with van der Waals surface area (Å²) in [6, 6.07) is 0. The third kappa shape index (κ3) is 7.07. The minimum Gasteiger partial charge on any atom is -0.370 e. The van der Waals surface area contributed by atoms with E-state index in [1.54, 1.807) is 11.8 Å². The Morgan fingerprint density at radius 1 is 1.39 bits per heavy atom. The zero-order chi connectivity index (χ0) is 21.5. The summed E-state index contributed by atoms with van der Waals surface area (Å²) in [4.78, 5) is 6.74. The predicted molar refractivity (Wildman–Crippen MR) is 135 cm³/mol. The van der Waals surface area contributed by atoms with Gasteiger partial charge in [-0.05, 0) is 18.6 Å². The molecule has 3 heterocycles. The van der Waals surface area contributed by atoms with Crippen molar-refractivity contribution in [1.82, 2.24) is 34.8 Å². The van der Waals surface area contributed by atoms with Crippen LogP contribution in [0.2, 0.25) is 0 Å². The number of guanidine groups is 1. The quantitative estimate of drug-likeness (QED) is 0.174. The normalized spacial score (nSPS) is 17.2. The highest BCUT2D eigenvalue weighted by atomic mass is 127. The molecule has 1 N–H and O–H groups in total. The first kappa shape index (κ1) is 25.9. The van der Waals surface area contributed by atoms with Crippen molar-refractivity contribution in [3.8, 4) is 0 Å². The number of rotatable bonds is 8. The summed E-state index contributed by atoms with van der Waals surface area (Å²) >= 11 is 1.65. The first-order chi connectivity index (χ1) is 14.5. The fourth-order valence-electron chi connectivity index (χ4n) is 3.63. The molecule has 9 nitrogen and oxygen atoms in total. The Labute approximate surface area is 206 Å². The fourth-order valence-corrected chi connectivity index (χ4v) is 4.15. The zero-order valence-electron chi connectivity index (χ0n) is 19.1. The van der Waals surface area contributed by atoms with Gasteiger partial charge in [0, 0.05) is 51.9 Å². The SMILES string of the molecule is CN=C(NCCCc1nnc(SC)n1CC(C)C)N1CCOC(c2cnn(C)c2)C1.I. The van der Waals surface area contributed by atoms with Crippen LogP contribution in [-0.4, -0.2) is 74.9 Å². The van der Waals surface area contributed by atoms with E-state index in [4.69, 9.17) is 4.74 Å². The maximum atomic E-state index is 5.95. The number of thioether (sulfide) groups is 1. The highest BCUT2D eigenvalue weighted by Crippen LogP contribution is 2.21. The molecule has 0 aromatic carbocycles. The van der Waals surface area contributed by atoms with Gasteiger partial charge in [0.2, 0.25) is 0 Å². The Morgan fingerprint density at radius 3 is 2.84 bits per heavy atom. The zero-order valence-corrected chi connectivity index (χ0v) is 22.3. The smallest absolute Gasteiger partial charge is 0.193 e. The number of aliphatic imine (C=N–C) groups is 1. The number of hydrogen-bond donors (Lipinski definition) is 1. The van der Waals surface area contributed by atoms with Crippen LogP contribution in [-0.2, 0) is 24.8 Å². The fraction of sp³-hybridized carbons (Fsp3) is 0.700. The molecule has 1 saturated heterocycles. The lowest BCUT2D eigenvalue weighted by Crippen LogP contribution is -2.48. The van der Waals surface area contributed by atoms with E-state index in [0.29, 0.717) is 12.5 Å². The van der Waals surface area contributed by atoms with E-state index in [-0.39, 0.29) is 30.1 Å². The molecule has 174 valence electrons. The summed E-state index contributed by atoms with van der Waals surface area (Å²) in [7, 11) is 3.76. The van der Waals surface area contributed by atoms with Crippen molar-refractivity contribution < 1.29 is 4.74 Å². The van der Waals surface area contributed by atoms with Crippen LogP contribution in [0.5, 0.6) is 0 Å². The van der Waals surface area contributed by atoms with E-state index < -0.39 is 0 Å². The summed E-state index contributed by atoms with van der Waals surface area (Å²) in [6.45, 7) is 8.51. The Hall–Kier alpha value is -1.34. The number of hydrogen-bond acceptors (Lipinski definition) is 6. The van der Waals surface area contributed by atoms with Crippen LogP contribution in [0.3, 0.4) is 0 Å². The number of aryl methyl sites for hydroxylation is 2. The second-order valence-electron chi connectivity index (χ2n) is 7.94. The first-order valence-electron chi connectivity index (χ1n) is 10.5. The molecule has 11 heteroatoms. The standard InChI is InChI=1S/C20H34N8OS.HI/c1-15(2)12-28-18(24-25-20(28)30-5)7-6-8-22-19(21-3)27-9-10-29-17(14-27)16-11-23-26(4)13-16;/h11,13,15,17H,6-10,12,14H2,1-5H3,(H,21,22);1H. The van der Waals surface area contributed by atoms with Gasteiger partial charge < -0.3 is 19.5 Å². The van der Waals surface area contributed by atoms with Gasteiger partial charge in [0.25, 0.3) is 0 Å². The van der Waals surface area contributed by atoms with Crippen molar-refractivity contribution in [1.29, 1.82) is 0 Å². The van der Waals surface area contributed by atoms with Gasteiger partial charge in [0.05, 0.1) is 19.3 Å². The molecule has 0 bridgehead atoms. The van der Waals surface area contributed by atoms with Gasteiger partial charge in [-0.3, -0.25) is 9.67 Å². The molecular formula is C20H35IN8OS. The topological polar surface area (TPSA) is 85.4 Å². The number of halogens is 1. The van der Waals surface area contributed by atoms with Crippen LogP contribution in [0.1, 0.15) is 37.8 Å². The molecule has 2 aromatic heterocycles. The summed E-state index contributed by atoms with van der Waals surface area (Å²) < 4.78 is 10.0. The van der Waals surface area contributed by atoms with Gasteiger partial charge in [-0.2, -0.15) is 5.10 Å². The molecule has 31 heavy (non-hydrogen) atoms. The molecule has 0 amide bonds. The summed E-state index contributed by atoms with van der Waals surface area (Å²) in [5.41, 5.74) is 1.10. The second kappa shape index (κ2) is 12.6. The van der Waals surface area contributed by atoms with Crippen LogP contribution in [0.4, 0.5) is 0 Å². The number of morpholine rings is 1. The third-order valence-corrected chi connectivity index (χ3v) is 5.73. The van der Waals surface area contributed by atoms with Gasteiger partial charge in [-0.15, -0.1) is 34.2 Å². The maximum Gasteiger partial charge on any atom is 0.193 e. The predicted octanol–water partition coefficient (Wildman–Crippen LogP) is 2.59. The van der Waals surface area contributed by atoms with Gasteiger partial charge in [-0.1, -0.05) is 25.6 Å². The Kier molecular flexibility index (Phi) is 10.6. The highest BCUT2D eigenvalue weighted by Gasteiger charge is 2.25. The van der Waals surface area contributed by atoms with Crippen LogP contribution in [0, 0.1) is 5.92 Å². The summed E-state index contributed by atoms with van der Waals surface area (Å²) in [6.07, 6.45) is 7.83. The van der Waals surface area contributed by atoms with Crippen molar-refractivity contribution in [3.05, 3.63) is 23.8 Å². The lowest BCUT2D eigenvalue weighted by atomic mass is 10.1. The molecule has 0 saturated carbocycles. The highest BCUT2D eigenvalue weighted by molar-refractivity contribution is 14.0. The molecular weight excluding hydrogens is 527 g/mol. The molecule has 1 aliphatic heterocycles. The van der Waals surface area contributed by atoms with Crippen molar-refractivity contribution in [2.24, 2.45) is 18.0 Å². The van der Waals surface area contributed by atoms with Gasteiger partial charge in [0.15, 0.2) is 11.1 Å². The van der Waals surface area contributed by atoms with E-state index in [0.717, 1.165) is 61.5 Å². The molecule has 1 aliphatic rings. The van der Waals surface area contributed by atoms with Gasteiger partial charge in [-0.25, -0.2) is 0 Å². The van der Waals surface area contributed by atoms with Gasteiger partial charge in [0.1, 0.15) is 11.9 Å². The monoisotopic (exact) mass is 562 g/mol. The average Bonchev–Trinajstić information content (AvgIpc) is 3.34. The Balaban J connectivity index is 0.00000341. The molecule has 1 unspecified atom stereocenters. The summed E-state index contributed by atoms with van der Waals surface area (Å²) in [5.74, 6) is 2.55.